The Hall–Kier alpha value is -2.95. The summed E-state index contributed by atoms with van der Waals surface area (Å²) in [6.45, 7) is 3.87. The summed E-state index contributed by atoms with van der Waals surface area (Å²) in [7, 11) is 0. The first kappa shape index (κ1) is 12.1. The van der Waals surface area contributed by atoms with Gasteiger partial charge in [0.2, 0.25) is 0 Å². The van der Waals surface area contributed by atoms with Gasteiger partial charge in [-0.1, -0.05) is 54.3 Å². The summed E-state index contributed by atoms with van der Waals surface area (Å²) in [5.74, 6) is 0.0000368. The molecule has 0 aliphatic rings. The van der Waals surface area contributed by atoms with Crippen LogP contribution in [0.3, 0.4) is 0 Å². The quantitative estimate of drug-likeness (QED) is 0.713. The lowest BCUT2D eigenvalue weighted by Crippen LogP contribution is -2.13. The second-order valence-corrected chi connectivity index (χ2v) is 4.26. The van der Waals surface area contributed by atoms with Crippen LogP contribution in [0.15, 0.2) is 49.0 Å². The summed E-state index contributed by atoms with van der Waals surface area (Å²) in [4.78, 5) is 12.1. The fourth-order valence-electron chi connectivity index (χ4n) is 2.03. The molecule has 0 unspecified atom stereocenters. The first-order valence-electron chi connectivity index (χ1n) is 6.03. The molecule has 2 aromatic carbocycles. The number of hydrogen-bond donors (Lipinski definition) is 2. The summed E-state index contributed by atoms with van der Waals surface area (Å²) in [6.07, 6.45) is 2.52. The Morgan fingerprint density at radius 1 is 1.20 bits per heavy atom. The van der Waals surface area contributed by atoms with Crippen molar-refractivity contribution < 1.29 is 4.79 Å². The third-order valence-electron chi connectivity index (χ3n) is 3.00. The molecule has 2 N–H and O–H groups in total. The van der Waals surface area contributed by atoms with Gasteiger partial charge >= 0.3 is 0 Å². The molecule has 0 fully saturated rings. The van der Waals surface area contributed by atoms with Crippen LogP contribution in [0.4, 0.5) is 5.82 Å². The van der Waals surface area contributed by atoms with Crippen molar-refractivity contribution >= 4 is 28.1 Å². The van der Waals surface area contributed by atoms with E-state index in [1.165, 1.54) is 0 Å². The predicted octanol–water partition coefficient (Wildman–Crippen LogP) is 2.41. The molecule has 1 amide bonds. The molecule has 0 saturated heterocycles. The van der Waals surface area contributed by atoms with Crippen molar-refractivity contribution in [3.05, 3.63) is 60.8 Å². The molecule has 0 atom stereocenters. The Morgan fingerprint density at radius 2 is 2.00 bits per heavy atom. The molecule has 0 spiro atoms. The van der Waals surface area contributed by atoms with E-state index in [0.29, 0.717) is 11.4 Å². The van der Waals surface area contributed by atoms with Crippen LogP contribution in [0.1, 0.15) is 5.56 Å². The van der Waals surface area contributed by atoms with Gasteiger partial charge in [-0.3, -0.25) is 4.79 Å². The minimum atomic E-state index is -0.316. The minimum absolute atomic E-state index is 0.316. The average molecular weight is 263 g/mol. The molecule has 0 bridgehead atoms. The highest BCUT2D eigenvalue weighted by molar-refractivity contribution is 6.26. The van der Waals surface area contributed by atoms with E-state index < -0.39 is 0 Å². The predicted molar refractivity (Wildman–Crippen MR) is 76.8 cm³/mol. The van der Waals surface area contributed by atoms with Crippen LogP contribution in [-0.2, 0) is 4.79 Å². The van der Waals surface area contributed by atoms with Gasteiger partial charge in [-0.15, -0.1) is 5.10 Å². The number of carbonyl (C=O) groups excluding carboxylic acids is 1. The number of nitrogens with zero attached hydrogens (tertiary/aromatic N) is 2. The summed E-state index contributed by atoms with van der Waals surface area (Å²) in [5, 5.41) is 14.1. The molecule has 3 rings (SSSR count). The van der Waals surface area contributed by atoms with Gasteiger partial charge in [0, 0.05) is 5.57 Å². The molecular weight excluding hydrogens is 252 g/mol. The van der Waals surface area contributed by atoms with E-state index in [1.807, 2.05) is 42.5 Å². The van der Waals surface area contributed by atoms with Crippen molar-refractivity contribution in [2.75, 3.05) is 5.32 Å². The maximum absolute atomic E-state index is 12.1. The fourth-order valence-corrected chi connectivity index (χ4v) is 2.03. The number of benzene rings is 2. The number of H-pyrrole nitrogens is 1. The highest BCUT2D eigenvalue weighted by Crippen LogP contribution is 2.24. The third-order valence-corrected chi connectivity index (χ3v) is 3.00. The molecule has 97 valence electrons. The number of aromatic nitrogens is 3. The Balaban J connectivity index is 1.94. The molecule has 5 nitrogen and oxygen atoms in total. The highest BCUT2D eigenvalue weighted by atomic mass is 16.1. The Kier molecular flexibility index (Phi) is 3.01. The molecule has 3 aromatic rings. The van der Waals surface area contributed by atoms with E-state index in [2.05, 4.69) is 33.5 Å². The number of hydrogen-bond acceptors (Lipinski definition) is 3. The van der Waals surface area contributed by atoms with Crippen LogP contribution in [-0.4, -0.2) is 21.3 Å². The van der Waals surface area contributed by atoms with Gasteiger partial charge < -0.3 is 5.32 Å². The summed E-state index contributed by atoms with van der Waals surface area (Å²) in [5.41, 5.74) is 1.18. The van der Waals surface area contributed by atoms with Crippen LogP contribution >= 0.6 is 0 Å². The number of rotatable bonds is 3. The molecule has 5 heteroatoms. The van der Waals surface area contributed by atoms with E-state index in [0.717, 1.165) is 16.3 Å². The lowest BCUT2D eigenvalue weighted by molar-refractivity contribution is -0.111. The lowest BCUT2D eigenvalue weighted by atomic mass is 9.99. The molecule has 1 radical (unpaired) electrons. The maximum Gasteiger partial charge on any atom is 0.256 e. The van der Waals surface area contributed by atoms with Crippen LogP contribution in [0.2, 0.25) is 0 Å². The van der Waals surface area contributed by atoms with Crippen molar-refractivity contribution in [1.29, 1.82) is 0 Å². The molecule has 0 aliphatic carbocycles. The Bertz CT molecular complexity index is 772. The fraction of sp³-hybridized carbons (Fsp3) is 0. The zero-order valence-corrected chi connectivity index (χ0v) is 10.6. The average Bonchev–Trinajstić information content (AvgIpc) is 2.99. The van der Waals surface area contributed by atoms with Gasteiger partial charge in [0.15, 0.2) is 12.0 Å². The highest BCUT2D eigenvalue weighted by Gasteiger charge is 2.13. The largest absolute Gasteiger partial charge is 0.305 e. The van der Waals surface area contributed by atoms with Crippen LogP contribution < -0.4 is 5.32 Å². The smallest absolute Gasteiger partial charge is 0.256 e. The first-order valence-corrected chi connectivity index (χ1v) is 6.03. The van der Waals surface area contributed by atoms with Crippen LogP contribution in [0, 0.1) is 6.20 Å². The van der Waals surface area contributed by atoms with Gasteiger partial charge in [0.05, 0.1) is 0 Å². The van der Waals surface area contributed by atoms with Gasteiger partial charge in [0.25, 0.3) is 5.91 Å². The standard InChI is InChI=1S/C15H11N4O/c1-10(15(20)17-14-9-16-19-18-14)12-8-4-6-11-5-2-3-7-13(11)12/h2-8H,1H2,(H2,16,17,18,19,20). The SMILES string of the molecule is C=C(C(=O)Nc1[c]nn[nH]1)c1cccc2ccccc12. The van der Waals surface area contributed by atoms with E-state index in [1.54, 1.807) is 0 Å². The van der Waals surface area contributed by atoms with Gasteiger partial charge in [-0.25, -0.2) is 5.10 Å². The Labute approximate surface area is 115 Å². The number of carbonyl (C=O) groups is 1. The zero-order chi connectivity index (χ0) is 13.9. The molecular formula is C15H11N4O. The number of nitrogens with one attached hydrogen (secondary N) is 2. The van der Waals surface area contributed by atoms with Crippen molar-refractivity contribution in [3.63, 3.8) is 0 Å². The topological polar surface area (TPSA) is 70.7 Å². The summed E-state index contributed by atoms with van der Waals surface area (Å²) < 4.78 is 0. The monoisotopic (exact) mass is 263 g/mol. The number of fused-ring (bicyclic) bond motifs is 1. The zero-order valence-electron chi connectivity index (χ0n) is 10.6. The Morgan fingerprint density at radius 3 is 2.80 bits per heavy atom. The lowest BCUT2D eigenvalue weighted by Gasteiger charge is -2.09. The molecule has 0 saturated carbocycles. The van der Waals surface area contributed by atoms with Crippen molar-refractivity contribution in [2.24, 2.45) is 0 Å². The minimum Gasteiger partial charge on any atom is -0.305 e. The van der Waals surface area contributed by atoms with E-state index in [-0.39, 0.29) is 5.91 Å². The second-order valence-electron chi connectivity index (χ2n) is 4.26. The normalized spacial score (nSPS) is 10.4. The van der Waals surface area contributed by atoms with Crippen LogP contribution in [0.5, 0.6) is 0 Å². The van der Waals surface area contributed by atoms with Crippen molar-refractivity contribution in [3.8, 4) is 0 Å². The summed E-state index contributed by atoms with van der Waals surface area (Å²) in [6, 6.07) is 13.6. The maximum atomic E-state index is 12.1. The number of aromatic amines is 1. The van der Waals surface area contributed by atoms with E-state index >= 15 is 0 Å². The van der Waals surface area contributed by atoms with E-state index in [4.69, 9.17) is 0 Å². The first-order chi connectivity index (χ1) is 9.75. The van der Waals surface area contributed by atoms with Gasteiger partial charge in [-0.05, 0) is 16.3 Å². The van der Waals surface area contributed by atoms with Crippen molar-refractivity contribution in [2.45, 2.75) is 0 Å². The van der Waals surface area contributed by atoms with Gasteiger partial charge in [0.1, 0.15) is 0 Å². The molecule has 1 heterocycles. The molecule has 0 aliphatic heterocycles. The number of anilines is 1. The van der Waals surface area contributed by atoms with Crippen LogP contribution in [0.25, 0.3) is 16.3 Å². The summed E-state index contributed by atoms with van der Waals surface area (Å²) >= 11 is 0. The second kappa shape index (κ2) is 4.97. The van der Waals surface area contributed by atoms with Gasteiger partial charge in [-0.2, -0.15) is 0 Å². The van der Waals surface area contributed by atoms with E-state index in [9.17, 15) is 4.79 Å². The molecule has 20 heavy (non-hydrogen) atoms. The number of amides is 1. The third kappa shape index (κ3) is 2.16. The van der Waals surface area contributed by atoms with Crippen molar-refractivity contribution in [1.82, 2.24) is 15.4 Å². The molecule has 1 aromatic heterocycles.